The van der Waals surface area contributed by atoms with Gasteiger partial charge in [-0.25, -0.2) is 14.5 Å². The minimum Gasteiger partial charge on any atom is -0.371 e. The molecular formula is C26H28N8. The predicted octanol–water partition coefficient (Wildman–Crippen LogP) is 4.05. The number of nitrogens with zero attached hydrogens (tertiary/aromatic N) is 7. The predicted molar refractivity (Wildman–Crippen MR) is 135 cm³/mol. The third-order valence-electron chi connectivity index (χ3n) is 5.86. The zero-order chi connectivity index (χ0) is 23.3. The molecule has 0 radical (unpaired) electrons. The monoisotopic (exact) mass is 452 g/mol. The van der Waals surface area contributed by atoms with Crippen LogP contribution in [0.25, 0.3) is 16.6 Å². The van der Waals surface area contributed by atoms with Gasteiger partial charge >= 0.3 is 0 Å². The highest BCUT2D eigenvalue weighted by Crippen LogP contribution is 2.25. The molecule has 172 valence electrons. The van der Waals surface area contributed by atoms with Crippen LogP contribution in [0.15, 0.2) is 79.6 Å². The van der Waals surface area contributed by atoms with Crippen molar-refractivity contribution in [1.29, 1.82) is 0 Å². The summed E-state index contributed by atoms with van der Waals surface area (Å²) in [6, 6.07) is 14.6. The first-order valence-electron chi connectivity index (χ1n) is 11.4. The number of fused-ring (bicyclic) bond motifs is 1. The Hall–Kier alpha value is -4.20. The lowest BCUT2D eigenvalue weighted by Crippen LogP contribution is -2.21. The van der Waals surface area contributed by atoms with Crippen molar-refractivity contribution >= 4 is 17.2 Å². The molecule has 0 aliphatic rings. The molecule has 0 fully saturated rings. The number of nitrogens with one attached hydrogen (secondary N) is 1. The van der Waals surface area contributed by atoms with Gasteiger partial charge in [-0.3, -0.25) is 4.68 Å². The third kappa shape index (κ3) is 4.91. The maximum atomic E-state index is 4.56. The molecule has 8 heteroatoms. The average molecular weight is 453 g/mol. The van der Waals surface area contributed by atoms with E-state index in [2.05, 4.69) is 73.8 Å². The minimum absolute atomic E-state index is 0.665. The Kier molecular flexibility index (Phi) is 6.20. The summed E-state index contributed by atoms with van der Waals surface area (Å²) < 4.78 is 3.73. The molecule has 8 nitrogen and oxygen atoms in total. The lowest BCUT2D eigenvalue weighted by atomic mass is 10.1. The first kappa shape index (κ1) is 21.6. The van der Waals surface area contributed by atoms with Gasteiger partial charge in [-0.05, 0) is 23.6 Å². The molecule has 0 saturated carbocycles. The van der Waals surface area contributed by atoms with Crippen LogP contribution in [0.3, 0.4) is 0 Å². The number of aromatic nitrogens is 6. The van der Waals surface area contributed by atoms with E-state index in [9.17, 15) is 0 Å². The van der Waals surface area contributed by atoms with Gasteiger partial charge in [-0.2, -0.15) is 10.2 Å². The van der Waals surface area contributed by atoms with Gasteiger partial charge in [0.25, 0.3) is 0 Å². The quantitative estimate of drug-likeness (QED) is 0.340. The summed E-state index contributed by atoms with van der Waals surface area (Å²) in [5, 5.41) is 12.1. The van der Waals surface area contributed by atoms with Crippen LogP contribution in [-0.4, -0.2) is 49.5 Å². The van der Waals surface area contributed by atoms with Gasteiger partial charge in [0.2, 0.25) is 5.95 Å². The van der Waals surface area contributed by atoms with E-state index in [4.69, 9.17) is 0 Å². The van der Waals surface area contributed by atoms with Crippen LogP contribution in [0.4, 0.5) is 11.6 Å². The van der Waals surface area contributed by atoms with Crippen LogP contribution < -0.4 is 10.2 Å². The Morgan fingerprint density at radius 3 is 2.44 bits per heavy atom. The highest BCUT2D eigenvalue weighted by atomic mass is 15.3. The second-order valence-electron chi connectivity index (χ2n) is 8.46. The fourth-order valence-corrected chi connectivity index (χ4v) is 4.01. The molecule has 4 heterocycles. The van der Waals surface area contributed by atoms with Crippen molar-refractivity contribution in [2.45, 2.75) is 12.8 Å². The van der Waals surface area contributed by atoms with Crippen LogP contribution in [-0.2, 0) is 13.5 Å². The van der Waals surface area contributed by atoms with Crippen molar-refractivity contribution < 1.29 is 0 Å². The number of benzene rings is 1. The Morgan fingerprint density at radius 2 is 1.68 bits per heavy atom. The van der Waals surface area contributed by atoms with Gasteiger partial charge < -0.3 is 10.2 Å². The number of aryl methyl sites for hydroxylation is 1. The molecule has 0 saturated heterocycles. The second-order valence-corrected chi connectivity index (χ2v) is 8.46. The molecule has 0 unspecified atom stereocenters. The third-order valence-corrected chi connectivity index (χ3v) is 5.86. The Bertz CT molecular complexity index is 1350. The van der Waals surface area contributed by atoms with Crippen molar-refractivity contribution in [2.24, 2.45) is 7.05 Å². The highest BCUT2D eigenvalue weighted by Gasteiger charge is 2.10. The topological polar surface area (TPSA) is 76.2 Å². The van der Waals surface area contributed by atoms with E-state index in [1.54, 1.807) is 4.68 Å². The van der Waals surface area contributed by atoms with Crippen molar-refractivity contribution in [1.82, 2.24) is 29.4 Å². The summed E-state index contributed by atoms with van der Waals surface area (Å²) in [5.41, 5.74) is 6.74. The van der Waals surface area contributed by atoms with Crippen molar-refractivity contribution in [3.63, 3.8) is 0 Å². The van der Waals surface area contributed by atoms with Gasteiger partial charge in [-0.1, -0.05) is 36.4 Å². The number of rotatable bonds is 9. The fraction of sp³-hybridized carbons (Fsp3) is 0.231. The van der Waals surface area contributed by atoms with E-state index >= 15 is 0 Å². The molecule has 0 spiro atoms. The van der Waals surface area contributed by atoms with E-state index in [1.807, 2.05) is 54.8 Å². The molecule has 4 aromatic heterocycles. The lowest BCUT2D eigenvalue weighted by Gasteiger charge is -2.18. The van der Waals surface area contributed by atoms with Gasteiger partial charge in [-0.15, -0.1) is 0 Å². The summed E-state index contributed by atoms with van der Waals surface area (Å²) in [7, 11) is 4.02. The number of pyridine rings is 1. The van der Waals surface area contributed by atoms with Gasteiger partial charge in [0.15, 0.2) is 0 Å². The Balaban J connectivity index is 1.13. The SMILES string of the molecule is CN(CCCNc1ncc(Cc2ccccc2)cn1)c1cnn2cc(-c3cnn(C)c3)ccc12. The zero-order valence-electron chi connectivity index (χ0n) is 19.5. The van der Waals surface area contributed by atoms with E-state index in [0.29, 0.717) is 5.95 Å². The molecule has 0 bridgehead atoms. The number of anilines is 2. The first-order valence-corrected chi connectivity index (χ1v) is 11.4. The zero-order valence-corrected chi connectivity index (χ0v) is 19.5. The van der Waals surface area contributed by atoms with Crippen molar-refractivity contribution in [2.75, 3.05) is 30.4 Å². The van der Waals surface area contributed by atoms with Crippen LogP contribution >= 0.6 is 0 Å². The maximum Gasteiger partial charge on any atom is 0.222 e. The van der Waals surface area contributed by atoms with Crippen LogP contribution in [0, 0.1) is 0 Å². The maximum absolute atomic E-state index is 4.56. The van der Waals surface area contributed by atoms with Crippen molar-refractivity contribution in [3.8, 4) is 11.1 Å². The van der Waals surface area contributed by atoms with Crippen LogP contribution in [0.1, 0.15) is 17.5 Å². The molecule has 0 aliphatic heterocycles. The molecule has 0 atom stereocenters. The van der Waals surface area contributed by atoms with E-state index in [-0.39, 0.29) is 0 Å². The molecule has 5 aromatic rings. The largest absolute Gasteiger partial charge is 0.371 e. The smallest absolute Gasteiger partial charge is 0.222 e. The molecule has 0 amide bonds. The fourth-order valence-electron chi connectivity index (χ4n) is 4.01. The molecule has 0 aliphatic carbocycles. The summed E-state index contributed by atoms with van der Waals surface area (Å²) in [5.74, 6) is 0.665. The van der Waals surface area contributed by atoms with Crippen LogP contribution in [0.5, 0.6) is 0 Å². The number of hydrogen-bond acceptors (Lipinski definition) is 6. The molecule has 34 heavy (non-hydrogen) atoms. The van der Waals surface area contributed by atoms with E-state index in [1.165, 1.54) is 5.56 Å². The van der Waals surface area contributed by atoms with Gasteiger partial charge in [0.1, 0.15) is 0 Å². The molecular weight excluding hydrogens is 424 g/mol. The summed E-state index contributed by atoms with van der Waals surface area (Å²) in [4.78, 5) is 11.2. The number of hydrogen-bond donors (Lipinski definition) is 1. The molecule has 1 N–H and O–H groups in total. The summed E-state index contributed by atoms with van der Waals surface area (Å²) in [6.07, 6.45) is 13.4. The molecule has 5 rings (SSSR count). The molecule has 1 aromatic carbocycles. The Labute approximate surface area is 198 Å². The summed E-state index contributed by atoms with van der Waals surface area (Å²) >= 11 is 0. The minimum atomic E-state index is 0.665. The standard InChI is InChI=1S/C26H28N8/c1-32(25-17-31-34-19-22(9-10-24(25)34)23-16-30-33(2)18-23)12-6-11-27-26-28-14-21(15-29-26)13-20-7-4-3-5-8-20/h3-5,7-10,14-19H,6,11-13H2,1-2H3,(H,27,28,29). The highest BCUT2D eigenvalue weighted by molar-refractivity contribution is 5.75. The average Bonchev–Trinajstić information content (AvgIpc) is 3.49. The Morgan fingerprint density at radius 1 is 0.853 bits per heavy atom. The van der Waals surface area contributed by atoms with Gasteiger partial charge in [0.05, 0.1) is 23.6 Å². The van der Waals surface area contributed by atoms with E-state index < -0.39 is 0 Å². The van der Waals surface area contributed by atoms with E-state index in [0.717, 1.165) is 53.8 Å². The van der Waals surface area contributed by atoms with Gasteiger partial charge in [0, 0.05) is 69.5 Å². The first-order chi connectivity index (χ1) is 16.7. The second kappa shape index (κ2) is 9.74. The van der Waals surface area contributed by atoms with Crippen molar-refractivity contribution in [3.05, 3.63) is 90.8 Å². The summed E-state index contributed by atoms with van der Waals surface area (Å²) in [6.45, 7) is 1.69. The van der Waals surface area contributed by atoms with Crippen LogP contribution in [0.2, 0.25) is 0 Å². The lowest BCUT2D eigenvalue weighted by molar-refractivity contribution is 0.768. The normalized spacial score (nSPS) is 11.1.